The fraction of sp³-hybridized carbons (Fsp3) is 0. The Morgan fingerprint density at radius 3 is 1.57 bits per heavy atom. The third kappa shape index (κ3) is 6.56. The van der Waals surface area contributed by atoms with Crippen LogP contribution in [0.15, 0.2) is 235 Å². The smallest absolute Gasteiger partial charge is 0.164 e. The molecule has 0 radical (unpaired) electrons. The van der Waals surface area contributed by atoms with E-state index in [4.69, 9.17) is 19.4 Å². The highest BCUT2D eigenvalue weighted by Gasteiger charge is 2.21. The molecule has 0 amide bonds. The number of benzene rings is 10. The van der Waals surface area contributed by atoms with Gasteiger partial charge in [-0.05, 0) is 94.0 Å². The molecule has 0 saturated carbocycles. The molecule has 5 nitrogen and oxygen atoms in total. The minimum Gasteiger partial charge on any atom is -0.456 e. The van der Waals surface area contributed by atoms with Crippen molar-refractivity contribution in [2.24, 2.45) is 0 Å². The van der Waals surface area contributed by atoms with Gasteiger partial charge in [-0.3, -0.25) is 0 Å². The van der Waals surface area contributed by atoms with Gasteiger partial charge in [0.15, 0.2) is 17.5 Å². The van der Waals surface area contributed by atoms with Gasteiger partial charge in [0, 0.05) is 64.1 Å². The molecule has 0 atom stereocenters. The highest BCUT2D eigenvalue weighted by atomic mass is 32.1. The van der Waals surface area contributed by atoms with Gasteiger partial charge in [0.25, 0.3) is 0 Å². The molecule has 0 aliphatic carbocycles. The van der Waals surface area contributed by atoms with Crippen molar-refractivity contribution in [3.05, 3.63) is 231 Å². The van der Waals surface area contributed by atoms with Gasteiger partial charge in [-0.1, -0.05) is 170 Å². The molecule has 0 aliphatic rings. The zero-order valence-electron chi connectivity index (χ0n) is 37.0. The van der Waals surface area contributed by atoms with E-state index in [1.165, 1.54) is 47.5 Å². The molecule has 322 valence electrons. The molecule has 6 heteroatoms. The van der Waals surface area contributed by atoms with E-state index in [0.29, 0.717) is 17.5 Å². The van der Waals surface area contributed by atoms with E-state index in [1.807, 2.05) is 35.6 Å². The Labute approximate surface area is 400 Å². The second-order valence-corrected chi connectivity index (χ2v) is 18.6. The first kappa shape index (κ1) is 39.2. The Balaban J connectivity index is 0.927. The number of rotatable bonds is 7. The molecule has 69 heavy (non-hydrogen) atoms. The van der Waals surface area contributed by atoms with E-state index in [-0.39, 0.29) is 0 Å². The first-order valence-electron chi connectivity index (χ1n) is 23.2. The number of furan rings is 1. The normalized spacial score (nSPS) is 11.8. The predicted octanol–water partition coefficient (Wildman–Crippen LogP) is 17.2. The number of hydrogen-bond donors (Lipinski definition) is 0. The van der Waals surface area contributed by atoms with Crippen molar-refractivity contribution in [1.82, 2.24) is 19.5 Å². The average molecular weight is 899 g/mol. The number of fused-ring (bicyclic) bond motifs is 9. The van der Waals surface area contributed by atoms with Crippen molar-refractivity contribution in [2.45, 2.75) is 0 Å². The summed E-state index contributed by atoms with van der Waals surface area (Å²) >= 11 is 1.84. The molecular formula is C63H38N4OS. The fourth-order valence-corrected chi connectivity index (χ4v) is 11.4. The molecule has 4 aromatic heterocycles. The van der Waals surface area contributed by atoms with E-state index in [2.05, 4.69) is 211 Å². The number of hydrogen-bond acceptors (Lipinski definition) is 5. The van der Waals surface area contributed by atoms with E-state index in [1.54, 1.807) is 0 Å². The van der Waals surface area contributed by atoms with Crippen molar-refractivity contribution in [1.29, 1.82) is 0 Å². The molecule has 14 rings (SSSR count). The summed E-state index contributed by atoms with van der Waals surface area (Å²) in [5.41, 5.74) is 14.6. The first-order valence-corrected chi connectivity index (χ1v) is 24.0. The van der Waals surface area contributed by atoms with Crippen LogP contribution in [0, 0.1) is 0 Å². The summed E-state index contributed by atoms with van der Waals surface area (Å²) in [6, 6.07) is 81.5. The topological polar surface area (TPSA) is 56.7 Å². The number of aromatic nitrogens is 4. The van der Waals surface area contributed by atoms with Crippen LogP contribution in [0.25, 0.3) is 137 Å². The monoisotopic (exact) mass is 898 g/mol. The fourth-order valence-electron chi connectivity index (χ4n) is 10.3. The van der Waals surface area contributed by atoms with Crippen LogP contribution in [-0.2, 0) is 0 Å². The Kier molecular flexibility index (Phi) is 9.00. The van der Waals surface area contributed by atoms with Gasteiger partial charge in [0.05, 0.1) is 11.0 Å². The van der Waals surface area contributed by atoms with Gasteiger partial charge >= 0.3 is 0 Å². The zero-order chi connectivity index (χ0) is 45.4. The largest absolute Gasteiger partial charge is 0.456 e. The summed E-state index contributed by atoms with van der Waals surface area (Å²) in [7, 11) is 0. The van der Waals surface area contributed by atoms with Gasteiger partial charge in [0.2, 0.25) is 0 Å². The van der Waals surface area contributed by atoms with Gasteiger partial charge in [-0.2, -0.15) is 0 Å². The number of thiophene rings is 1. The highest BCUT2D eigenvalue weighted by molar-refractivity contribution is 7.26. The lowest BCUT2D eigenvalue weighted by atomic mass is 9.97. The second-order valence-electron chi connectivity index (χ2n) is 17.5. The standard InChI is InChI=1S/C63H38N4OS/c1-3-15-39(16-4-1)41-19-11-21-44(35-41)61-64-62(45-22-12-20-42(36-45)40-17-5-2-6-18-40)66-63(65-61)51-26-13-29-56-59(51)52-37-43(31-34-55(52)68-56)47-25-14-30-57-60(47)50-33-32-46(38-58(50)69-57)67-53-27-9-7-23-48(53)49-24-8-10-28-54(49)67/h1-38H. The third-order valence-corrected chi connectivity index (χ3v) is 14.6. The van der Waals surface area contributed by atoms with Crippen LogP contribution in [0.3, 0.4) is 0 Å². The summed E-state index contributed by atoms with van der Waals surface area (Å²) in [6.07, 6.45) is 0. The Morgan fingerprint density at radius 1 is 0.319 bits per heavy atom. The molecule has 0 saturated heterocycles. The lowest BCUT2D eigenvalue weighted by molar-refractivity contribution is 0.669. The SMILES string of the molecule is c1ccc(-c2cccc(-c3nc(-c4cccc(-c5ccccc5)c4)nc(-c4cccc5oc6ccc(-c7cccc8sc9cc(-n%10c%11ccccc%11c%11ccccc%11%10)ccc9c78)cc6c45)n3)c2)cc1. The molecule has 14 aromatic rings. The average Bonchev–Trinajstić information content (AvgIpc) is 4.10. The van der Waals surface area contributed by atoms with E-state index in [9.17, 15) is 0 Å². The molecule has 0 N–H and O–H groups in total. The van der Waals surface area contributed by atoms with Crippen LogP contribution in [-0.4, -0.2) is 19.5 Å². The maximum Gasteiger partial charge on any atom is 0.164 e. The number of para-hydroxylation sites is 2. The quantitative estimate of drug-likeness (QED) is 0.160. The summed E-state index contributed by atoms with van der Waals surface area (Å²) in [6.45, 7) is 0. The van der Waals surface area contributed by atoms with Gasteiger partial charge in [0.1, 0.15) is 11.2 Å². The van der Waals surface area contributed by atoms with Crippen molar-refractivity contribution in [3.8, 4) is 73.2 Å². The Morgan fingerprint density at radius 2 is 0.884 bits per heavy atom. The highest BCUT2D eigenvalue weighted by Crippen LogP contribution is 2.44. The van der Waals surface area contributed by atoms with Crippen LogP contribution < -0.4 is 0 Å². The Bertz CT molecular complexity index is 4160. The van der Waals surface area contributed by atoms with Crippen molar-refractivity contribution < 1.29 is 4.42 Å². The van der Waals surface area contributed by atoms with Gasteiger partial charge < -0.3 is 8.98 Å². The van der Waals surface area contributed by atoms with Gasteiger partial charge in [-0.15, -0.1) is 11.3 Å². The molecule has 0 aliphatic heterocycles. The Hall–Kier alpha value is -8.97. The minimum atomic E-state index is 0.578. The summed E-state index contributed by atoms with van der Waals surface area (Å²) in [5, 5.41) is 6.98. The minimum absolute atomic E-state index is 0.578. The van der Waals surface area contributed by atoms with E-state index in [0.717, 1.165) is 72.1 Å². The lowest BCUT2D eigenvalue weighted by Crippen LogP contribution is -2.00. The van der Waals surface area contributed by atoms with E-state index >= 15 is 0 Å². The number of nitrogens with zero attached hydrogens (tertiary/aromatic N) is 4. The molecule has 10 aromatic carbocycles. The van der Waals surface area contributed by atoms with Crippen LogP contribution >= 0.6 is 11.3 Å². The van der Waals surface area contributed by atoms with Crippen LogP contribution in [0.1, 0.15) is 0 Å². The maximum atomic E-state index is 6.65. The van der Waals surface area contributed by atoms with Crippen molar-refractivity contribution in [3.63, 3.8) is 0 Å². The summed E-state index contributed by atoms with van der Waals surface area (Å²) < 4.78 is 11.5. The van der Waals surface area contributed by atoms with Gasteiger partial charge in [-0.25, -0.2) is 15.0 Å². The third-order valence-electron chi connectivity index (χ3n) is 13.5. The van der Waals surface area contributed by atoms with Crippen LogP contribution in [0.4, 0.5) is 0 Å². The zero-order valence-corrected chi connectivity index (χ0v) is 37.9. The van der Waals surface area contributed by atoms with Crippen molar-refractivity contribution >= 4 is 75.3 Å². The molecule has 4 heterocycles. The predicted molar refractivity (Wildman–Crippen MR) is 287 cm³/mol. The van der Waals surface area contributed by atoms with Crippen LogP contribution in [0.2, 0.25) is 0 Å². The first-order chi connectivity index (χ1) is 34.2. The molecule has 0 unspecified atom stereocenters. The molecular weight excluding hydrogens is 861 g/mol. The second kappa shape index (κ2) is 15.8. The summed E-state index contributed by atoms with van der Waals surface area (Å²) in [5.74, 6) is 1.77. The van der Waals surface area contributed by atoms with E-state index < -0.39 is 0 Å². The maximum absolute atomic E-state index is 6.65. The molecule has 0 bridgehead atoms. The molecule has 0 spiro atoms. The molecule has 0 fully saturated rings. The van der Waals surface area contributed by atoms with Crippen molar-refractivity contribution in [2.75, 3.05) is 0 Å². The summed E-state index contributed by atoms with van der Waals surface area (Å²) in [4.78, 5) is 15.8. The van der Waals surface area contributed by atoms with Crippen LogP contribution in [0.5, 0.6) is 0 Å². The lowest BCUT2D eigenvalue weighted by Gasteiger charge is -2.11.